The summed E-state index contributed by atoms with van der Waals surface area (Å²) in [5, 5.41) is 11.2. The Labute approximate surface area is 239 Å². The number of fused-ring (bicyclic) bond motifs is 6. The number of nitrogens with one attached hydrogen (secondary N) is 1. The Morgan fingerprint density at radius 2 is 1.24 bits per heavy atom. The molecular formula is C37H30N4. The van der Waals surface area contributed by atoms with Gasteiger partial charge in [0.25, 0.3) is 0 Å². The minimum absolute atomic E-state index is 0.140. The molecule has 0 fully saturated rings. The summed E-state index contributed by atoms with van der Waals surface area (Å²) in [4.78, 5) is 10.0. The third-order valence-electron chi connectivity index (χ3n) is 8.29. The number of aromatic nitrogens is 1. The maximum absolute atomic E-state index is 8.93. The van der Waals surface area contributed by atoms with Gasteiger partial charge in [-0.3, -0.25) is 9.98 Å². The quantitative estimate of drug-likeness (QED) is 0.172. The van der Waals surface area contributed by atoms with Crippen LogP contribution in [0.2, 0.25) is 0 Å². The molecule has 0 bridgehead atoms. The molecule has 1 N–H and O–H groups in total. The lowest BCUT2D eigenvalue weighted by Crippen LogP contribution is -2.17. The molecule has 6 aromatic rings. The highest BCUT2D eigenvalue weighted by Gasteiger charge is 2.36. The van der Waals surface area contributed by atoms with Gasteiger partial charge >= 0.3 is 0 Å². The first-order valence-corrected chi connectivity index (χ1v) is 13.9. The number of hydrogen-bond acceptors (Lipinski definition) is 1. The van der Waals surface area contributed by atoms with E-state index in [9.17, 15) is 0 Å². The van der Waals surface area contributed by atoms with Crippen molar-refractivity contribution in [1.29, 1.82) is 5.41 Å². The normalized spacial score (nSPS) is 14.3. The van der Waals surface area contributed by atoms with E-state index in [1.807, 2.05) is 55.5 Å². The minimum atomic E-state index is -0.140. The molecular weight excluding hydrogens is 500 g/mol. The largest absolute Gasteiger partial charge is 0.282 e. The molecule has 0 amide bonds. The zero-order valence-corrected chi connectivity index (χ0v) is 23.4. The Morgan fingerprint density at radius 1 is 0.610 bits per heavy atom. The Balaban J connectivity index is 1.53. The fourth-order valence-electron chi connectivity index (χ4n) is 6.16. The first kappa shape index (κ1) is 24.9. The molecule has 0 saturated carbocycles. The third kappa shape index (κ3) is 4.03. The lowest BCUT2D eigenvalue weighted by molar-refractivity contribution is 0.661. The summed E-state index contributed by atoms with van der Waals surface area (Å²) in [7, 11) is 0. The Bertz CT molecular complexity index is 2030. The van der Waals surface area contributed by atoms with Crippen molar-refractivity contribution in [2.45, 2.75) is 26.2 Å². The van der Waals surface area contributed by atoms with Crippen molar-refractivity contribution in [3.05, 3.63) is 144 Å². The number of hydrogen-bond donors (Lipinski definition) is 1. The van der Waals surface area contributed by atoms with Crippen LogP contribution in [0, 0.1) is 5.41 Å². The van der Waals surface area contributed by atoms with Gasteiger partial charge in [0.05, 0.1) is 11.0 Å². The summed E-state index contributed by atoms with van der Waals surface area (Å²) < 4.78 is 2.13. The van der Waals surface area contributed by atoms with Gasteiger partial charge in [-0.1, -0.05) is 117 Å². The maximum atomic E-state index is 8.93. The number of benzene rings is 5. The van der Waals surface area contributed by atoms with Crippen LogP contribution < -0.4 is 0 Å². The van der Waals surface area contributed by atoms with E-state index in [1.54, 1.807) is 0 Å². The highest BCUT2D eigenvalue weighted by atomic mass is 15.2. The van der Waals surface area contributed by atoms with Crippen molar-refractivity contribution < 1.29 is 0 Å². The highest BCUT2D eigenvalue weighted by molar-refractivity contribution is 6.19. The molecule has 0 saturated heterocycles. The predicted octanol–water partition coefficient (Wildman–Crippen LogP) is 8.84. The Morgan fingerprint density at radius 3 is 2.00 bits per heavy atom. The second-order valence-electron chi connectivity index (χ2n) is 11.1. The molecule has 0 aliphatic heterocycles. The number of amidine groups is 1. The molecule has 7 rings (SSSR count). The van der Waals surface area contributed by atoms with Crippen molar-refractivity contribution in [3.8, 4) is 11.1 Å². The summed E-state index contributed by atoms with van der Waals surface area (Å²) in [5.41, 5.74) is 9.72. The second-order valence-corrected chi connectivity index (χ2v) is 11.1. The molecule has 0 atom stereocenters. The van der Waals surface area contributed by atoms with Gasteiger partial charge in [-0.25, -0.2) is 4.99 Å². The molecule has 1 aliphatic carbocycles. The highest BCUT2D eigenvalue weighted by Crippen LogP contribution is 2.50. The van der Waals surface area contributed by atoms with Gasteiger partial charge in [-0.15, -0.1) is 0 Å². The van der Waals surface area contributed by atoms with E-state index in [0.717, 1.165) is 38.6 Å². The molecule has 4 heteroatoms. The van der Waals surface area contributed by atoms with E-state index in [1.165, 1.54) is 22.3 Å². The molecule has 1 heterocycles. The second kappa shape index (κ2) is 9.53. The molecule has 4 nitrogen and oxygen atoms in total. The van der Waals surface area contributed by atoms with Crippen molar-refractivity contribution in [2.75, 3.05) is 0 Å². The monoisotopic (exact) mass is 530 g/mol. The lowest BCUT2D eigenvalue weighted by atomic mass is 9.82. The van der Waals surface area contributed by atoms with Crippen LogP contribution in [-0.4, -0.2) is 22.1 Å². The molecule has 1 aliphatic rings. The van der Waals surface area contributed by atoms with Gasteiger partial charge in [0.15, 0.2) is 5.84 Å². The zero-order chi connectivity index (χ0) is 28.1. The number of rotatable bonds is 2. The Hall–Kier alpha value is -5.09. The SMILES string of the molecule is CC(=NC(=NC(=N)c1ccccc1)n1c2ccccc2c2cc3c(cc21)C(C)(C)c1ccccc1-3)c1ccccc1. The first-order valence-electron chi connectivity index (χ1n) is 13.9. The van der Waals surface area contributed by atoms with Gasteiger partial charge in [0, 0.05) is 27.5 Å². The molecule has 5 aromatic carbocycles. The van der Waals surface area contributed by atoms with Crippen LogP contribution in [0.25, 0.3) is 32.9 Å². The molecule has 0 spiro atoms. The molecule has 41 heavy (non-hydrogen) atoms. The van der Waals surface area contributed by atoms with Gasteiger partial charge in [0.2, 0.25) is 5.96 Å². The molecule has 0 radical (unpaired) electrons. The van der Waals surface area contributed by atoms with Crippen LogP contribution in [0.4, 0.5) is 0 Å². The summed E-state index contributed by atoms with van der Waals surface area (Å²) >= 11 is 0. The van der Waals surface area contributed by atoms with E-state index in [-0.39, 0.29) is 11.3 Å². The fourth-order valence-corrected chi connectivity index (χ4v) is 6.16. The van der Waals surface area contributed by atoms with Crippen LogP contribution in [0.3, 0.4) is 0 Å². The summed E-state index contributed by atoms with van der Waals surface area (Å²) in [6.07, 6.45) is 0. The topological polar surface area (TPSA) is 53.5 Å². The lowest BCUT2D eigenvalue weighted by Gasteiger charge is -2.21. The van der Waals surface area contributed by atoms with Gasteiger partial charge in [0.1, 0.15) is 0 Å². The standard InChI is InChI=1S/C37H30N4/c1-24(25-14-6-4-7-15-25)39-36(40-35(38)26-16-8-5-9-17-26)41-33-21-13-11-19-28(33)30-22-29-27-18-10-12-20-31(27)37(2,3)32(29)23-34(30)41/h4-23,38H,1-3H3. The zero-order valence-electron chi connectivity index (χ0n) is 23.4. The number of aliphatic imine (C=N–C) groups is 2. The van der Waals surface area contributed by atoms with Crippen molar-refractivity contribution >= 4 is 39.3 Å². The molecule has 0 unspecified atom stereocenters. The van der Waals surface area contributed by atoms with E-state index in [0.29, 0.717) is 5.96 Å². The van der Waals surface area contributed by atoms with E-state index in [4.69, 9.17) is 15.4 Å². The third-order valence-corrected chi connectivity index (χ3v) is 8.29. The molecule has 198 valence electrons. The van der Waals surface area contributed by atoms with E-state index < -0.39 is 0 Å². The average Bonchev–Trinajstić information content (AvgIpc) is 3.45. The molecule has 1 aromatic heterocycles. The fraction of sp³-hybridized carbons (Fsp3) is 0.108. The van der Waals surface area contributed by atoms with Gasteiger partial charge in [-0.05, 0) is 52.9 Å². The van der Waals surface area contributed by atoms with Crippen molar-refractivity contribution in [2.24, 2.45) is 9.98 Å². The smallest absolute Gasteiger partial charge is 0.236 e. The van der Waals surface area contributed by atoms with Crippen molar-refractivity contribution in [1.82, 2.24) is 4.57 Å². The van der Waals surface area contributed by atoms with Crippen LogP contribution in [0.1, 0.15) is 43.0 Å². The van der Waals surface area contributed by atoms with Crippen LogP contribution in [0.5, 0.6) is 0 Å². The first-order chi connectivity index (χ1) is 19.9. The van der Waals surface area contributed by atoms with Crippen LogP contribution in [0.15, 0.2) is 131 Å². The number of nitrogens with zero attached hydrogens (tertiary/aromatic N) is 3. The average molecular weight is 531 g/mol. The number of para-hydroxylation sites is 1. The van der Waals surface area contributed by atoms with Crippen LogP contribution in [-0.2, 0) is 5.41 Å². The predicted molar refractivity (Wildman–Crippen MR) is 172 cm³/mol. The van der Waals surface area contributed by atoms with Crippen molar-refractivity contribution in [3.63, 3.8) is 0 Å². The van der Waals surface area contributed by atoms with E-state index >= 15 is 0 Å². The maximum Gasteiger partial charge on any atom is 0.236 e. The van der Waals surface area contributed by atoms with E-state index in [2.05, 4.69) is 91.2 Å². The minimum Gasteiger partial charge on any atom is -0.282 e. The van der Waals surface area contributed by atoms with Gasteiger partial charge < -0.3 is 0 Å². The summed E-state index contributed by atoms with van der Waals surface area (Å²) in [5.74, 6) is 0.643. The summed E-state index contributed by atoms with van der Waals surface area (Å²) in [6.45, 7) is 6.60. The van der Waals surface area contributed by atoms with Crippen LogP contribution >= 0.6 is 0 Å². The Kier molecular flexibility index (Phi) is 5.79. The summed E-state index contributed by atoms with van der Waals surface area (Å²) in [6, 6.07) is 41.6. The van der Waals surface area contributed by atoms with Gasteiger partial charge in [-0.2, -0.15) is 4.99 Å².